The number of nitrogens with zero attached hydrogens (tertiary/aromatic N) is 2. The van der Waals surface area contributed by atoms with Gasteiger partial charge in [-0.25, -0.2) is 0 Å². The molecule has 9 nitrogen and oxygen atoms in total. The van der Waals surface area contributed by atoms with Crippen molar-refractivity contribution < 1.29 is 19.1 Å². The number of aromatic nitrogens is 1. The van der Waals surface area contributed by atoms with E-state index in [2.05, 4.69) is 23.5 Å². The van der Waals surface area contributed by atoms with Gasteiger partial charge in [-0.05, 0) is 61.0 Å². The summed E-state index contributed by atoms with van der Waals surface area (Å²) in [5.41, 5.74) is 14.1. The Morgan fingerprint density at radius 1 is 1.08 bits per heavy atom. The second kappa shape index (κ2) is 11.9. The van der Waals surface area contributed by atoms with Crippen LogP contribution in [0.2, 0.25) is 0 Å². The van der Waals surface area contributed by atoms with Gasteiger partial charge in [-0.1, -0.05) is 49.7 Å². The normalized spacial score (nSPS) is 11.7. The average molecular weight is 524 g/mol. The van der Waals surface area contributed by atoms with Gasteiger partial charge in [0.25, 0.3) is 11.8 Å². The molecule has 196 valence electrons. The molecule has 0 aliphatic heterocycles. The molecule has 1 atom stereocenters. The maximum Gasteiger partial charge on any atom is 0.273 e. The lowest BCUT2D eigenvalue weighted by molar-refractivity contribution is -0.122. The molecule has 2 aromatic carbocycles. The number of methoxy groups -OCH3 is 1. The van der Waals surface area contributed by atoms with Gasteiger partial charge in [0.05, 0.1) is 18.5 Å². The van der Waals surface area contributed by atoms with Crippen molar-refractivity contribution in [2.75, 3.05) is 24.3 Å². The van der Waals surface area contributed by atoms with Crippen molar-refractivity contribution in [2.24, 2.45) is 11.7 Å². The first-order valence-corrected chi connectivity index (χ1v) is 12.7. The molecule has 3 aromatic rings. The maximum atomic E-state index is 14.2. The van der Waals surface area contributed by atoms with E-state index in [9.17, 15) is 14.4 Å². The highest BCUT2D eigenvalue weighted by molar-refractivity contribution is 7.09. The smallest absolute Gasteiger partial charge is 0.273 e. The summed E-state index contributed by atoms with van der Waals surface area (Å²) in [6, 6.07) is 11.7. The molecule has 0 saturated heterocycles. The zero-order chi connectivity index (χ0) is 27.3. The summed E-state index contributed by atoms with van der Waals surface area (Å²) < 4.78 is 9.59. The van der Waals surface area contributed by atoms with Crippen LogP contribution in [0, 0.1) is 19.8 Å². The number of nitrogens with two attached hydrogens (primary N) is 2. The summed E-state index contributed by atoms with van der Waals surface area (Å²) in [5, 5.41) is 2.98. The summed E-state index contributed by atoms with van der Waals surface area (Å²) in [5.74, 6) is -1.02. The molecule has 37 heavy (non-hydrogen) atoms. The maximum absolute atomic E-state index is 14.2. The van der Waals surface area contributed by atoms with Gasteiger partial charge >= 0.3 is 0 Å². The van der Waals surface area contributed by atoms with Crippen LogP contribution in [-0.4, -0.2) is 35.7 Å². The van der Waals surface area contributed by atoms with Crippen LogP contribution in [0.15, 0.2) is 42.5 Å². The van der Waals surface area contributed by atoms with Crippen molar-refractivity contribution in [2.45, 2.75) is 40.2 Å². The molecule has 1 aromatic heterocycles. The molecule has 5 N–H and O–H groups in total. The van der Waals surface area contributed by atoms with Crippen molar-refractivity contribution in [3.63, 3.8) is 0 Å². The molecule has 10 heteroatoms. The Labute approximate surface area is 221 Å². The number of nitrogen functional groups attached to an aromatic ring is 1. The first-order valence-electron chi connectivity index (χ1n) is 11.9. The molecule has 0 aliphatic rings. The van der Waals surface area contributed by atoms with Crippen molar-refractivity contribution in [3.05, 3.63) is 69.7 Å². The third-order valence-corrected chi connectivity index (χ3v) is 6.74. The molecule has 3 rings (SSSR count). The second-order valence-corrected chi connectivity index (χ2v) is 10.0. The number of aryl methyl sites for hydroxylation is 2. The highest BCUT2D eigenvalue weighted by Crippen LogP contribution is 2.38. The van der Waals surface area contributed by atoms with E-state index in [1.54, 1.807) is 12.1 Å². The van der Waals surface area contributed by atoms with Gasteiger partial charge in [0.2, 0.25) is 5.91 Å². The number of nitrogens with one attached hydrogen (secondary N) is 1. The van der Waals surface area contributed by atoms with Gasteiger partial charge in [0.15, 0.2) is 5.69 Å². The largest absolute Gasteiger partial charge is 0.495 e. The number of ether oxygens (including phenoxy) is 1. The molecular formula is C27H33N5O4S. The number of hydrogen-bond acceptors (Lipinski definition) is 7. The third-order valence-electron chi connectivity index (χ3n) is 5.89. The quantitative estimate of drug-likeness (QED) is 0.367. The van der Waals surface area contributed by atoms with Crippen molar-refractivity contribution in [1.82, 2.24) is 9.69 Å². The van der Waals surface area contributed by atoms with E-state index >= 15 is 0 Å². The molecule has 3 amide bonds. The molecule has 0 fully saturated rings. The lowest BCUT2D eigenvalue weighted by Gasteiger charge is -2.32. The minimum Gasteiger partial charge on any atom is -0.495 e. The van der Waals surface area contributed by atoms with Crippen molar-refractivity contribution in [1.29, 1.82) is 0 Å². The summed E-state index contributed by atoms with van der Waals surface area (Å²) in [6.45, 7) is 8.40. The Morgan fingerprint density at radius 2 is 1.73 bits per heavy atom. The summed E-state index contributed by atoms with van der Waals surface area (Å²) in [7, 11) is 1.49. The zero-order valence-electron chi connectivity index (χ0n) is 21.7. The predicted molar refractivity (Wildman–Crippen MR) is 146 cm³/mol. The molecular weight excluding hydrogens is 490 g/mol. The highest BCUT2D eigenvalue weighted by Gasteiger charge is 2.37. The molecule has 0 unspecified atom stereocenters. The SMILES string of the molecule is COc1ccc(C)cc1N(C(=O)c1snc(C(N)=O)c1N)[C@H](C(=O)NCCC(C)C)c1ccc(C)cc1. The first kappa shape index (κ1) is 27.7. The Hall–Kier alpha value is -3.92. The van der Waals surface area contributed by atoms with E-state index in [0.29, 0.717) is 29.5 Å². The second-order valence-electron chi connectivity index (χ2n) is 9.28. The lowest BCUT2D eigenvalue weighted by Crippen LogP contribution is -2.44. The molecule has 0 bridgehead atoms. The molecule has 0 spiro atoms. The Balaban J connectivity index is 2.24. The number of rotatable bonds is 10. The summed E-state index contributed by atoms with van der Waals surface area (Å²) in [4.78, 5) is 41.1. The number of primary amides is 1. The Kier molecular flexibility index (Phi) is 8.88. The zero-order valence-corrected chi connectivity index (χ0v) is 22.5. The molecule has 0 radical (unpaired) electrons. The van der Waals surface area contributed by atoms with E-state index in [0.717, 1.165) is 29.1 Å². The minimum absolute atomic E-state index is 0.00412. The van der Waals surface area contributed by atoms with Crippen LogP contribution in [0.25, 0.3) is 0 Å². The third kappa shape index (κ3) is 6.26. The summed E-state index contributed by atoms with van der Waals surface area (Å²) in [6.07, 6.45) is 0.776. The Morgan fingerprint density at radius 3 is 2.30 bits per heavy atom. The number of benzene rings is 2. The van der Waals surface area contributed by atoms with Gasteiger partial charge in [-0.15, -0.1) is 0 Å². The first-order chi connectivity index (χ1) is 17.5. The van der Waals surface area contributed by atoms with E-state index in [1.165, 1.54) is 12.0 Å². The van der Waals surface area contributed by atoms with Gasteiger partial charge < -0.3 is 21.5 Å². The average Bonchev–Trinajstić information content (AvgIpc) is 3.24. The lowest BCUT2D eigenvalue weighted by atomic mass is 10.0. The fraction of sp³-hybridized carbons (Fsp3) is 0.333. The minimum atomic E-state index is -1.06. The molecule has 0 saturated carbocycles. The van der Waals surface area contributed by atoms with E-state index in [4.69, 9.17) is 16.2 Å². The molecule has 0 aliphatic carbocycles. The van der Waals surface area contributed by atoms with Crippen LogP contribution in [-0.2, 0) is 4.79 Å². The monoisotopic (exact) mass is 523 g/mol. The predicted octanol–water partition coefficient (Wildman–Crippen LogP) is 4.00. The number of amides is 3. The van der Waals surface area contributed by atoms with E-state index in [-0.39, 0.29) is 22.2 Å². The number of carbonyl (C=O) groups is 3. The van der Waals surface area contributed by atoms with Crippen LogP contribution < -0.4 is 26.4 Å². The highest BCUT2D eigenvalue weighted by atomic mass is 32.1. The van der Waals surface area contributed by atoms with Crippen LogP contribution in [0.5, 0.6) is 5.75 Å². The van der Waals surface area contributed by atoms with Gasteiger partial charge in [-0.2, -0.15) is 4.37 Å². The van der Waals surface area contributed by atoms with Crippen LogP contribution >= 0.6 is 11.5 Å². The van der Waals surface area contributed by atoms with Crippen molar-refractivity contribution in [3.8, 4) is 5.75 Å². The fourth-order valence-electron chi connectivity index (χ4n) is 3.84. The van der Waals surface area contributed by atoms with Crippen LogP contribution in [0.3, 0.4) is 0 Å². The molecule has 1 heterocycles. The van der Waals surface area contributed by atoms with Gasteiger partial charge in [0, 0.05) is 6.54 Å². The number of hydrogen-bond donors (Lipinski definition) is 3. The fourth-order valence-corrected chi connectivity index (χ4v) is 4.58. The van der Waals surface area contributed by atoms with Crippen LogP contribution in [0.1, 0.15) is 63.2 Å². The van der Waals surface area contributed by atoms with E-state index < -0.39 is 17.9 Å². The number of anilines is 2. The number of carbonyl (C=O) groups excluding carboxylic acids is 3. The van der Waals surface area contributed by atoms with Crippen molar-refractivity contribution >= 4 is 40.6 Å². The topological polar surface area (TPSA) is 141 Å². The Bertz CT molecular complexity index is 1290. The summed E-state index contributed by atoms with van der Waals surface area (Å²) >= 11 is 0.762. The van der Waals surface area contributed by atoms with Gasteiger partial charge in [0.1, 0.15) is 16.7 Å². The van der Waals surface area contributed by atoms with E-state index in [1.807, 2.05) is 44.2 Å². The van der Waals surface area contributed by atoms with Crippen LogP contribution in [0.4, 0.5) is 11.4 Å². The van der Waals surface area contributed by atoms with Gasteiger partial charge in [-0.3, -0.25) is 19.3 Å². The standard InChI is InChI=1S/C27H33N5O4S/c1-15(2)12-13-30-26(34)23(18-9-6-16(3)7-10-18)32(19-14-17(4)8-11-20(19)36-5)27(35)24-21(28)22(25(29)33)31-37-24/h6-11,14-15,23H,12-13,28H2,1-5H3,(H2,29,33)(H,30,34)/t23-/m0/s1.